The van der Waals surface area contributed by atoms with Crippen molar-refractivity contribution in [2.45, 2.75) is 31.8 Å². The summed E-state index contributed by atoms with van der Waals surface area (Å²) in [4.78, 5) is 2.47. The molecule has 0 aliphatic carbocycles. The van der Waals surface area contributed by atoms with Crippen molar-refractivity contribution >= 4 is 40.5 Å². The van der Waals surface area contributed by atoms with Crippen LogP contribution in [0.4, 0.5) is 5.69 Å². The average molecular weight is 460 g/mol. The summed E-state index contributed by atoms with van der Waals surface area (Å²) in [6.07, 6.45) is 3.23. The number of halogens is 3. The molecule has 1 fully saturated rings. The van der Waals surface area contributed by atoms with Crippen LogP contribution in [-0.4, -0.2) is 6.54 Å². The number of piperidine rings is 1. The van der Waals surface area contributed by atoms with Crippen molar-refractivity contribution in [1.29, 1.82) is 0 Å². The van der Waals surface area contributed by atoms with Crippen LogP contribution in [0.25, 0.3) is 0 Å². The van der Waals surface area contributed by atoms with Crippen LogP contribution < -0.4 is 10.6 Å². The molecule has 0 radical (unpaired) electrons. The third-order valence-electron chi connectivity index (χ3n) is 5.94. The maximum Gasteiger partial charge on any atom is 0.0557 e. The zero-order chi connectivity index (χ0) is 21.1. The van der Waals surface area contributed by atoms with Crippen LogP contribution in [0.5, 0.6) is 0 Å². The molecule has 4 rings (SSSR count). The Morgan fingerprint density at radius 1 is 0.800 bits per heavy atom. The molecule has 1 aliphatic heterocycles. The minimum atomic E-state index is 0.215. The highest BCUT2D eigenvalue weighted by molar-refractivity contribution is 6.35. The molecular formula is C25H25Cl3N2. The summed E-state index contributed by atoms with van der Waals surface area (Å²) in [6.45, 7) is 1.54. The monoisotopic (exact) mass is 458 g/mol. The summed E-state index contributed by atoms with van der Waals surface area (Å²) in [5, 5.41) is 2.13. The maximum atomic E-state index is 6.59. The van der Waals surface area contributed by atoms with Crippen molar-refractivity contribution < 1.29 is 0 Å². The largest absolute Gasteiger partial charge is 0.364 e. The van der Waals surface area contributed by atoms with Gasteiger partial charge in [0.1, 0.15) is 0 Å². The smallest absolute Gasteiger partial charge is 0.0557 e. The number of benzene rings is 3. The van der Waals surface area contributed by atoms with E-state index >= 15 is 0 Å². The van der Waals surface area contributed by atoms with Crippen molar-refractivity contribution in [2.24, 2.45) is 11.7 Å². The average Bonchev–Trinajstić information content (AvgIpc) is 2.75. The summed E-state index contributed by atoms with van der Waals surface area (Å²) in [5.74, 6) is 0.562. The van der Waals surface area contributed by atoms with E-state index in [-0.39, 0.29) is 6.04 Å². The molecule has 30 heavy (non-hydrogen) atoms. The maximum absolute atomic E-state index is 6.59. The Morgan fingerprint density at radius 3 is 2.13 bits per heavy atom. The number of anilines is 1. The van der Waals surface area contributed by atoms with Gasteiger partial charge >= 0.3 is 0 Å². The van der Waals surface area contributed by atoms with E-state index in [1.807, 2.05) is 24.3 Å². The van der Waals surface area contributed by atoms with Gasteiger partial charge < -0.3 is 10.6 Å². The lowest BCUT2D eigenvalue weighted by Crippen LogP contribution is -2.39. The number of nitrogens with zero attached hydrogens (tertiary/aromatic N) is 1. The zero-order valence-corrected chi connectivity index (χ0v) is 19.0. The highest BCUT2D eigenvalue weighted by Crippen LogP contribution is 2.41. The molecule has 1 aliphatic rings. The number of rotatable bonds is 5. The van der Waals surface area contributed by atoms with E-state index in [9.17, 15) is 0 Å². The quantitative estimate of drug-likeness (QED) is 0.433. The summed E-state index contributed by atoms with van der Waals surface area (Å²) >= 11 is 18.9. The molecule has 1 heterocycles. The van der Waals surface area contributed by atoms with E-state index in [2.05, 4.69) is 47.4 Å². The van der Waals surface area contributed by atoms with E-state index < -0.39 is 0 Å². The van der Waals surface area contributed by atoms with Crippen molar-refractivity contribution in [1.82, 2.24) is 0 Å². The zero-order valence-electron chi connectivity index (χ0n) is 16.7. The second-order valence-corrected chi connectivity index (χ2v) is 9.26. The van der Waals surface area contributed by atoms with E-state index in [1.54, 1.807) is 0 Å². The Kier molecular flexibility index (Phi) is 6.90. The van der Waals surface area contributed by atoms with E-state index in [1.165, 1.54) is 16.8 Å². The topological polar surface area (TPSA) is 29.3 Å². The van der Waals surface area contributed by atoms with Gasteiger partial charge in [-0.05, 0) is 78.3 Å². The van der Waals surface area contributed by atoms with Crippen LogP contribution in [0.3, 0.4) is 0 Å². The van der Waals surface area contributed by atoms with Crippen LogP contribution in [0.2, 0.25) is 15.1 Å². The van der Waals surface area contributed by atoms with Gasteiger partial charge in [-0.2, -0.15) is 0 Å². The molecule has 2 unspecified atom stereocenters. The van der Waals surface area contributed by atoms with Gasteiger partial charge in [-0.15, -0.1) is 0 Å². The number of nitrogens with two attached hydrogens (primary N) is 1. The molecule has 3 aromatic rings. The molecule has 2 atom stereocenters. The third kappa shape index (κ3) is 4.95. The van der Waals surface area contributed by atoms with Gasteiger partial charge in [-0.1, -0.05) is 65.1 Å². The van der Waals surface area contributed by atoms with E-state index in [0.29, 0.717) is 17.5 Å². The molecule has 5 heteroatoms. The Morgan fingerprint density at radius 2 is 1.47 bits per heavy atom. The second kappa shape index (κ2) is 9.62. The molecule has 156 valence electrons. The molecule has 2 N–H and O–H groups in total. The second-order valence-electron chi connectivity index (χ2n) is 7.98. The normalized spacial score (nSPS) is 19.1. The van der Waals surface area contributed by atoms with Gasteiger partial charge in [0, 0.05) is 33.8 Å². The first-order valence-electron chi connectivity index (χ1n) is 10.3. The molecule has 0 spiro atoms. The minimum Gasteiger partial charge on any atom is -0.364 e. The fourth-order valence-electron chi connectivity index (χ4n) is 4.37. The molecule has 0 amide bonds. The summed E-state index contributed by atoms with van der Waals surface area (Å²) in [7, 11) is 0. The van der Waals surface area contributed by atoms with Gasteiger partial charge in [0.05, 0.1) is 6.04 Å². The standard InChI is InChI=1S/C25H25Cl3N2/c26-20-6-9-22(10-7-20)30-16-19(13-17-1-3-18(15-29)4-2-17)5-12-25(30)23-11-8-21(27)14-24(23)28/h1-4,6-11,14,19,25H,5,12-13,15-16,29H2. The first kappa shape index (κ1) is 21.5. The van der Waals surface area contributed by atoms with Crippen LogP contribution in [0.1, 0.15) is 35.6 Å². The Hall–Kier alpha value is -1.71. The van der Waals surface area contributed by atoms with E-state index in [0.717, 1.165) is 41.4 Å². The molecule has 2 nitrogen and oxygen atoms in total. The lowest BCUT2D eigenvalue weighted by molar-refractivity contribution is 0.358. The minimum absolute atomic E-state index is 0.215. The van der Waals surface area contributed by atoms with Crippen molar-refractivity contribution in [3.63, 3.8) is 0 Å². The number of hydrogen-bond acceptors (Lipinski definition) is 2. The first-order chi connectivity index (χ1) is 14.5. The van der Waals surface area contributed by atoms with Gasteiger partial charge in [0.25, 0.3) is 0 Å². The Labute approximate surface area is 193 Å². The molecule has 0 bridgehead atoms. The first-order valence-corrected chi connectivity index (χ1v) is 11.4. The van der Waals surface area contributed by atoms with Crippen molar-refractivity contribution in [3.05, 3.63) is 98.5 Å². The lowest BCUT2D eigenvalue weighted by atomic mass is 9.85. The molecule has 0 saturated carbocycles. The highest BCUT2D eigenvalue weighted by Gasteiger charge is 2.31. The highest BCUT2D eigenvalue weighted by atomic mass is 35.5. The molecule has 0 aromatic heterocycles. The van der Waals surface area contributed by atoms with Crippen LogP contribution in [-0.2, 0) is 13.0 Å². The fraction of sp³-hybridized carbons (Fsp3) is 0.280. The van der Waals surface area contributed by atoms with E-state index in [4.69, 9.17) is 40.5 Å². The molecule has 3 aromatic carbocycles. The Balaban J connectivity index is 1.59. The van der Waals surface area contributed by atoms with Crippen LogP contribution in [0.15, 0.2) is 66.7 Å². The molecular weight excluding hydrogens is 435 g/mol. The summed E-state index contributed by atoms with van der Waals surface area (Å²) in [5.41, 5.74) is 10.6. The molecule has 1 saturated heterocycles. The van der Waals surface area contributed by atoms with Crippen molar-refractivity contribution in [2.75, 3.05) is 11.4 Å². The van der Waals surface area contributed by atoms with Crippen LogP contribution >= 0.6 is 34.8 Å². The van der Waals surface area contributed by atoms with Gasteiger partial charge in [0.15, 0.2) is 0 Å². The summed E-state index contributed by atoms with van der Waals surface area (Å²) in [6, 6.07) is 22.8. The van der Waals surface area contributed by atoms with Gasteiger partial charge in [-0.3, -0.25) is 0 Å². The van der Waals surface area contributed by atoms with Crippen LogP contribution in [0, 0.1) is 5.92 Å². The summed E-state index contributed by atoms with van der Waals surface area (Å²) < 4.78 is 0. The Bertz CT molecular complexity index is 986. The number of hydrogen-bond donors (Lipinski definition) is 1. The SMILES string of the molecule is NCc1ccc(CC2CCC(c3ccc(Cl)cc3Cl)N(c3ccc(Cl)cc3)C2)cc1. The predicted molar refractivity (Wildman–Crippen MR) is 129 cm³/mol. The van der Waals surface area contributed by atoms with Gasteiger partial charge in [-0.25, -0.2) is 0 Å². The van der Waals surface area contributed by atoms with Crippen molar-refractivity contribution in [3.8, 4) is 0 Å². The van der Waals surface area contributed by atoms with Gasteiger partial charge in [0.2, 0.25) is 0 Å². The third-order valence-corrected chi connectivity index (χ3v) is 6.76. The predicted octanol–water partition coefficient (Wildman–Crippen LogP) is 7.31. The lowest BCUT2D eigenvalue weighted by Gasteiger charge is -2.42. The fourth-order valence-corrected chi connectivity index (χ4v) is 5.03.